The Balaban J connectivity index is 2.35. The van der Waals surface area contributed by atoms with Crippen LogP contribution in [0.4, 0.5) is 0 Å². The van der Waals surface area contributed by atoms with Gasteiger partial charge in [-0.2, -0.15) is 0 Å². The second-order valence-corrected chi connectivity index (χ2v) is 4.84. The van der Waals surface area contributed by atoms with E-state index in [2.05, 4.69) is 26.1 Å². The average Bonchev–Trinajstić information content (AvgIpc) is 2.54. The molecule has 1 heteroatoms. The Hall–Kier alpha value is -0.0400. The molecule has 1 atom stereocenters. The van der Waals surface area contributed by atoms with Crippen molar-refractivity contribution in [1.29, 1.82) is 0 Å². The van der Waals surface area contributed by atoms with Gasteiger partial charge in [0.2, 0.25) is 0 Å². The van der Waals surface area contributed by atoms with Gasteiger partial charge in [-0.1, -0.05) is 33.6 Å². The largest absolute Gasteiger partial charge is 0.314 e. The highest BCUT2D eigenvalue weighted by Crippen LogP contribution is 2.30. The van der Waals surface area contributed by atoms with Gasteiger partial charge in [0.1, 0.15) is 0 Å². The van der Waals surface area contributed by atoms with E-state index < -0.39 is 0 Å². The molecule has 0 amide bonds. The summed E-state index contributed by atoms with van der Waals surface area (Å²) in [6.07, 6.45) is 7.21. The summed E-state index contributed by atoms with van der Waals surface area (Å²) in [5, 5.41) is 3.66. The molecule has 0 aliphatic heterocycles. The zero-order valence-electron chi connectivity index (χ0n) is 9.47. The fourth-order valence-corrected chi connectivity index (χ4v) is 2.57. The van der Waals surface area contributed by atoms with Crippen molar-refractivity contribution < 1.29 is 0 Å². The first kappa shape index (κ1) is 11.0. The van der Waals surface area contributed by atoms with Crippen LogP contribution in [0.15, 0.2) is 0 Å². The molecule has 0 aromatic heterocycles. The van der Waals surface area contributed by atoms with E-state index >= 15 is 0 Å². The normalized spacial score (nSPS) is 21.2. The van der Waals surface area contributed by atoms with Gasteiger partial charge in [-0.25, -0.2) is 0 Å². The van der Waals surface area contributed by atoms with Crippen molar-refractivity contribution >= 4 is 0 Å². The number of hydrogen-bond donors (Lipinski definition) is 1. The Morgan fingerprint density at radius 1 is 1.23 bits per heavy atom. The van der Waals surface area contributed by atoms with Crippen LogP contribution in [0.25, 0.3) is 0 Å². The van der Waals surface area contributed by atoms with Crippen molar-refractivity contribution in [2.45, 2.75) is 58.9 Å². The van der Waals surface area contributed by atoms with Crippen LogP contribution in [0.1, 0.15) is 52.9 Å². The molecule has 0 spiro atoms. The second kappa shape index (κ2) is 5.64. The summed E-state index contributed by atoms with van der Waals surface area (Å²) >= 11 is 0. The molecule has 1 fully saturated rings. The number of rotatable bonds is 5. The summed E-state index contributed by atoms with van der Waals surface area (Å²) in [6.45, 7) is 8.02. The van der Waals surface area contributed by atoms with Gasteiger partial charge in [0.15, 0.2) is 0 Å². The summed E-state index contributed by atoms with van der Waals surface area (Å²) in [5.41, 5.74) is 0. The van der Waals surface area contributed by atoms with Crippen LogP contribution < -0.4 is 5.32 Å². The highest BCUT2D eigenvalue weighted by Gasteiger charge is 2.24. The minimum absolute atomic E-state index is 0.799. The number of hydrogen-bond acceptors (Lipinski definition) is 1. The zero-order valence-corrected chi connectivity index (χ0v) is 9.47. The summed E-state index contributed by atoms with van der Waals surface area (Å²) in [6, 6.07) is 0.799. The van der Waals surface area contributed by atoms with Crippen molar-refractivity contribution in [1.82, 2.24) is 5.32 Å². The standard InChI is InChI=1S/C12H25N/c1-4-13-12(9-10(2)3)11-7-5-6-8-11/h10-13H,4-9H2,1-3H3. The van der Waals surface area contributed by atoms with E-state index in [1.165, 1.54) is 32.1 Å². The molecule has 0 radical (unpaired) electrons. The fourth-order valence-electron chi connectivity index (χ4n) is 2.57. The molecule has 0 saturated heterocycles. The van der Waals surface area contributed by atoms with Crippen LogP contribution >= 0.6 is 0 Å². The van der Waals surface area contributed by atoms with E-state index in [0.29, 0.717) is 0 Å². The summed E-state index contributed by atoms with van der Waals surface area (Å²) in [7, 11) is 0. The molecule has 1 unspecified atom stereocenters. The molecule has 1 saturated carbocycles. The lowest BCUT2D eigenvalue weighted by Gasteiger charge is -2.25. The van der Waals surface area contributed by atoms with Crippen molar-refractivity contribution in [3.63, 3.8) is 0 Å². The highest BCUT2D eigenvalue weighted by molar-refractivity contribution is 4.80. The van der Waals surface area contributed by atoms with Crippen LogP contribution in [-0.2, 0) is 0 Å². The average molecular weight is 183 g/mol. The quantitative estimate of drug-likeness (QED) is 0.690. The van der Waals surface area contributed by atoms with E-state index in [-0.39, 0.29) is 0 Å². The molecule has 13 heavy (non-hydrogen) atoms. The monoisotopic (exact) mass is 183 g/mol. The lowest BCUT2D eigenvalue weighted by atomic mass is 9.91. The third-order valence-electron chi connectivity index (χ3n) is 3.16. The van der Waals surface area contributed by atoms with E-state index in [0.717, 1.165) is 24.4 Å². The smallest absolute Gasteiger partial charge is 0.00976 e. The van der Waals surface area contributed by atoms with Crippen LogP contribution in [0, 0.1) is 11.8 Å². The van der Waals surface area contributed by atoms with Gasteiger partial charge in [0.25, 0.3) is 0 Å². The van der Waals surface area contributed by atoms with Crippen LogP contribution in [-0.4, -0.2) is 12.6 Å². The van der Waals surface area contributed by atoms with Gasteiger partial charge in [0, 0.05) is 6.04 Å². The topological polar surface area (TPSA) is 12.0 Å². The van der Waals surface area contributed by atoms with Gasteiger partial charge in [-0.3, -0.25) is 0 Å². The van der Waals surface area contributed by atoms with E-state index in [1.54, 1.807) is 0 Å². The summed E-state index contributed by atoms with van der Waals surface area (Å²) in [4.78, 5) is 0. The predicted molar refractivity (Wildman–Crippen MR) is 58.9 cm³/mol. The third kappa shape index (κ3) is 3.68. The molecule has 1 aliphatic rings. The molecule has 1 nitrogen and oxygen atoms in total. The van der Waals surface area contributed by atoms with Gasteiger partial charge in [-0.15, -0.1) is 0 Å². The Morgan fingerprint density at radius 3 is 2.31 bits per heavy atom. The third-order valence-corrected chi connectivity index (χ3v) is 3.16. The lowest BCUT2D eigenvalue weighted by molar-refractivity contribution is 0.314. The Labute approximate surface area is 83.3 Å². The molecule has 1 rings (SSSR count). The second-order valence-electron chi connectivity index (χ2n) is 4.84. The zero-order chi connectivity index (χ0) is 9.68. The molecular formula is C12H25N. The molecule has 0 aromatic carbocycles. The number of nitrogens with one attached hydrogen (secondary N) is 1. The Kier molecular flexibility index (Phi) is 4.79. The first-order valence-electron chi connectivity index (χ1n) is 5.97. The molecule has 1 aliphatic carbocycles. The predicted octanol–water partition coefficient (Wildman–Crippen LogP) is 3.20. The van der Waals surface area contributed by atoms with E-state index in [1.807, 2.05) is 0 Å². The molecular weight excluding hydrogens is 158 g/mol. The molecule has 78 valence electrons. The van der Waals surface area contributed by atoms with Crippen LogP contribution in [0.2, 0.25) is 0 Å². The SMILES string of the molecule is CCNC(CC(C)C)C1CCCC1. The van der Waals surface area contributed by atoms with Crippen molar-refractivity contribution in [2.24, 2.45) is 11.8 Å². The van der Waals surface area contributed by atoms with Gasteiger partial charge >= 0.3 is 0 Å². The van der Waals surface area contributed by atoms with Crippen molar-refractivity contribution in [3.05, 3.63) is 0 Å². The maximum Gasteiger partial charge on any atom is 0.00976 e. The maximum atomic E-state index is 3.66. The molecule has 0 heterocycles. The first-order valence-corrected chi connectivity index (χ1v) is 5.97. The van der Waals surface area contributed by atoms with Crippen LogP contribution in [0.3, 0.4) is 0 Å². The van der Waals surface area contributed by atoms with E-state index in [4.69, 9.17) is 0 Å². The molecule has 0 aromatic rings. The first-order chi connectivity index (χ1) is 6.24. The molecule has 0 bridgehead atoms. The minimum Gasteiger partial charge on any atom is -0.314 e. The van der Waals surface area contributed by atoms with E-state index in [9.17, 15) is 0 Å². The van der Waals surface area contributed by atoms with Crippen molar-refractivity contribution in [3.8, 4) is 0 Å². The van der Waals surface area contributed by atoms with Gasteiger partial charge in [0.05, 0.1) is 0 Å². The lowest BCUT2D eigenvalue weighted by Crippen LogP contribution is -2.36. The fraction of sp³-hybridized carbons (Fsp3) is 1.00. The highest BCUT2D eigenvalue weighted by atomic mass is 14.9. The Morgan fingerprint density at radius 2 is 1.85 bits per heavy atom. The van der Waals surface area contributed by atoms with Gasteiger partial charge < -0.3 is 5.32 Å². The summed E-state index contributed by atoms with van der Waals surface area (Å²) in [5.74, 6) is 1.81. The Bertz CT molecular complexity index is 125. The minimum atomic E-state index is 0.799. The van der Waals surface area contributed by atoms with Crippen LogP contribution in [0.5, 0.6) is 0 Å². The molecule has 1 N–H and O–H groups in total. The van der Waals surface area contributed by atoms with Crippen molar-refractivity contribution in [2.75, 3.05) is 6.54 Å². The van der Waals surface area contributed by atoms with Gasteiger partial charge in [-0.05, 0) is 37.6 Å². The summed E-state index contributed by atoms with van der Waals surface area (Å²) < 4.78 is 0. The maximum absolute atomic E-state index is 3.66.